The van der Waals surface area contributed by atoms with E-state index < -0.39 is 0 Å². The van der Waals surface area contributed by atoms with E-state index in [1.807, 2.05) is 25.3 Å². The quantitative estimate of drug-likeness (QED) is 0.815. The van der Waals surface area contributed by atoms with Crippen LogP contribution in [0.5, 0.6) is 0 Å². The second-order valence-electron chi connectivity index (χ2n) is 4.76. The van der Waals surface area contributed by atoms with E-state index in [1.165, 1.54) is 19.3 Å². The molecule has 1 aliphatic carbocycles. The molecule has 1 aromatic rings. The summed E-state index contributed by atoms with van der Waals surface area (Å²) in [6, 6.07) is 4.38. The van der Waals surface area contributed by atoms with E-state index in [0.717, 1.165) is 12.1 Å². The summed E-state index contributed by atoms with van der Waals surface area (Å²) < 4.78 is 2.09. The maximum absolute atomic E-state index is 12.0. The fourth-order valence-corrected chi connectivity index (χ4v) is 2.03. The van der Waals surface area contributed by atoms with Gasteiger partial charge < -0.3 is 15.6 Å². The molecule has 1 aromatic heterocycles. The zero-order chi connectivity index (χ0) is 12.3. The topological polar surface area (TPSA) is 60.0 Å². The highest BCUT2D eigenvalue weighted by molar-refractivity contribution is 5.92. The Morgan fingerprint density at radius 1 is 1.65 bits per heavy atom. The monoisotopic (exact) mass is 235 g/mol. The molecule has 0 saturated heterocycles. The fraction of sp³-hybridized carbons (Fsp3) is 0.615. The highest BCUT2D eigenvalue weighted by Crippen LogP contribution is 2.32. The fourth-order valence-electron chi connectivity index (χ4n) is 2.03. The minimum absolute atomic E-state index is 0.00852. The highest BCUT2D eigenvalue weighted by atomic mass is 16.1. The summed E-state index contributed by atoms with van der Waals surface area (Å²) in [5, 5.41) is 2.89. The molecule has 0 aromatic carbocycles. The molecule has 4 heteroatoms. The highest BCUT2D eigenvalue weighted by Gasteiger charge is 2.23. The Morgan fingerprint density at radius 2 is 2.41 bits per heavy atom. The van der Waals surface area contributed by atoms with Gasteiger partial charge in [0.2, 0.25) is 0 Å². The standard InChI is InChI=1S/C13H21N3O/c1-2-10(14)9-15-13(17)12-7-4-8-16(12)11-5-3-6-11/h4,7-8,10-11H,2-3,5-6,9,14H2,1H3,(H,15,17). The van der Waals surface area contributed by atoms with E-state index in [-0.39, 0.29) is 11.9 Å². The van der Waals surface area contributed by atoms with Crippen LogP contribution in [0.25, 0.3) is 0 Å². The number of rotatable bonds is 5. The summed E-state index contributed by atoms with van der Waals surface area (Å²) in [5.41, 5.74) is 6.55. The van der Waals surface area contributed by atoms with Crippen molar-refractivity contribution in [1.29, 1.82) is 0 Å². The van der Waals surface area contributed by atoms with Gasteiger partial charge in [-0.1, -0.05) is 6.92 Å². The van der Waals surface area contributed by atoms with Gasteiger partial charge in [0.05, 0.1) is 0 Å². The summed E-state index contributed by atoms with van der Waals surface area (Å²) in [6.45, 7) is 2.57. The molecule has 94 valence electrons. The summed E-state index contributed by atoms with van der Waals surface area (Å²) in [5.74, 6) is -0.00852. The number of nitrogens with one attached hydrogen (secondary N) is 1. The molecular formula is C13H21N3O. The third-order valence-corrected chi connectivity index (χ3v) is 3.53. The van der Waals surface area contributed by atoms with Crippen LogP contribution in [-0.2, 0) is 0 Å². The molecule has 1 atom stereocenters. The number of carbonyl (C=O) groups excluding carboxylic acids is 1. The van der Waals surface area contributed by atoms with Crippen LogP contribution in [0.1, 0.15) is 49.1 Å². The van der Waals surface area contributed by atoms with Crippen molar-refractivity contribution in [2.75, 3.05) is 6.54 Å². The normalized spacial score (nSPS) is 17.5. The molecule has 0 aliphatic heterocycles. The van der Waals surface area contributed by atoms with E-state index in [4.69, 9.17) is 5.73 Å². The molecule has 0 radical (unpaired) electrons. The van der Waals surface area contributed by atoms with Gasteiger partial charge in [0, 0.05) is 24.8 Å². The minimum atomic E-state index is -0.00852. The van der Waals surface area contributed by atoms with Gasteiger partial charge in [0.15, 0.2) is 0 Å². The van der Waals surface area contributed by atoms with E-state index in [0.29, 0.717) is 12.6 Å². The maximum atomic E-state index is 12.0. The number of hydrogen-bond acceptors (Lipinski definition) is 2. The summed E-state index contributed by atoms with van der Waals surface area (Å²) in [7, 11) is 0. The zero-order valence-corrected chi connectivity index (χ0v) is 10.4. The van der Waals surface area contributed by atoms with Gasteiger partial charge >= 0.3 is 0 Å². The first-order valence-electron chi connectivity index (χ1n) is 6.43. The molecule has 1 saturated carbocycles. The van der Waals surface area contributed by atoms with Crippen molar-refractivity contribution in [1.82, 2.24) is 9.88 Å². The SMILES string of the molecule is CCC(N)CNC(=O)c1cccn1C1CCC1. The van der Waals surface area contributed by atoms with Crippen LogP contribution in [0.3, 0.4) is 0 Å². The zero-order valence-electron chi connectivity index (χ0n) is 10.4. The number of carbonyl (C=O) groups is 1. The Kier molecular flexibility index (Phi) is 3.84. The molecular weight excluding hydrogens is 214 g/mol. The third kappa shape index (κ3) is 2.69. The van der Waals surface area contributed by atoms with Crippen molar-refractivity contribution in [3.63, 3.8) is 0 Å². The second kappa shape index (κ2) is 5.36. The van der Waals surface area contributed by atoms with Gasteiger partial charge in [-0.25, -0.2) is 0 Å². The van der Waals surface area contributed by atoms with Gasteiger partial charge in [0.25, 0.3) is 5.91 Å². The van der Waals surface area contributed by atoms with Crippen molar-refractivity contribution >= 4 is 5.91 Å². The molecule has 17 heavy (non-hydrogen) atoms. The molecule has 1 aliphatic rings. The Morgan fingerprint density at radius 3 is 3.00 bits per heavy atom. The predicted molar refractivity (Wildman–Crippen MR) is 67.9 cm³/mol. The molecule has 3 N–H and O–H groups in total. The first-order valence-corrected chi connectivity index (χ1v) is 6.43. The minimum Gasteiger partial charge on any atom is -0.349 e. The van der Waals surface area contributed by atoms with Crippen LogP contribution in [0.2, 0.25) is 0 Å². The lowest BCUT2D eigenvalue weighted by Gasteiger charge is -2.28. The van der Waals surface area contributed by atoms with Crippen molar-refractivity contribution in [2.24, 2.45) is 5.73 Å². The Labute approximate surface area is 102 Å². The summed E-state index contributed by atoms with van der Waals surface area (Å²) in [6.07, 6.45) is 6.51. The number of nitrogens with zero attached hydrogens (tertiary/aromatic N) is 1. The molecule has 1 unspecified atom stereocenters. The van der Waals surface area contributed by atoms with E-state index in [9.17, 15) is 4.79 Å². The first kappa shape index (κ1) is 12.2. The lowest BCUT2D eigenvalue weighted by Crippen LogP contribution is -2.37. The average molecular weight is 235 g/mol. The third-order valence-electron chi connectivity index (χ3n) is 3.53. The van der Waals surface area contributed by atoms with Crippen LogP contribution >= 0.6 is 0 Å². The number of amides is 1. The Bertz CT molecular complexity index is 382. The molecule has 1 fully saturated rings. The number of hydrogen-bond donors (Lipinski definition) is 2. The van der Waals surface area contributed by atoms with Crippen LogP contribution < -0.4 is 11.1 Å². The molecule has 1 heterocycles. The van der Waals surface area contributed by atoms with Gasteiger partial charge in [-0.3, -0.25) is 4.79 Å². The maximum Gasteiger partial charge on any atom is 0.267 e. The largest absolute Gasteiger partial charge is 0.349 e. The second-order valence-corrected chi connectivity index (χ2v) is 4.76. The van der Waals surface area contributed by atoms with Crippen LogP contribution in [0.4, 0.5) is 0 Å². The molecule has 0 spiro atoms. The lowest BCUT2D eigenvalue weighted by molar-refractivity contribution is 0.0936. The van der Waals surface area contributed by atoms with Crippen LogP contribution in [0.15, 0.2) is 18.3 Å². The van der Waals surface area contributed by atoms with Gasteiger partial charge in [0.1, 0.15) is 5.69 Å². The van der Waals surface area contributed by atoms with Crippen molar-refractivity contribution in [3.8, 4) is 0 Å². The molecule has 2 rings (SSSR count). The molecule has 0 bridgehead atoms. The van der Waals surface area contributed by atoms with Crippen LogP contribution in [0, 0.1) is 0 Å². The average Bonchev–Trinajstić information content (AvgIpc) is 2.72. The van der Waals surface area contributed by atoms with Crippen molar-refractivity contribution in [3.05, 3.63) is 24.0 Å². The van der Waals surface area contributed by atoms with E-state index >= 15 is 0 Å². The summed E-state index contributed by atoms with van der Waals surface area (Å²) in [4.78, 5) is 12.0. The summed E-state index contributed by atoms with van der Waals surface area (Å²) >= 11 is 0. The van der Waals surface area contributed by atoms with E-state index in [1.54, 1.807) is 0 Å². The number of aromatic nitrogens is 1. The number of nitrogens with two attached hydrogens (primary N) is 1. The van der Waals surface area contributed by atoms with Gasteiger partial charge in [-0.05, 0) is 37.8 Å². The van der Waals surface area contributed by atoms with Crippen molar-refractivity contribution < 1.29 is 4.79 Å². The van der Waals surface area contributed by atoms with Gasteiger partial charge in [-0.2, -0.15) is 0 Å². The predicted octanol–water partition coefficient (Wildman–Crippen LogP) is 1.68. The molecule has 4 nitrogen and oxygen atoms in total. The Balaban J connectivity index is 1.96. The smallest absolute Gasteiger partial charge is 0.267 e. The lowest BCUT2D eigenvalue weighted by atomic mass is 9.93. The van der Waals surface area contributed by atoms with Crippen molar-refractivity contribution in [2.45, 2.75) is 44.7 Å². The van der Waals surface area contributed by atoms with Gasteiger partial charge in [-0.15, -0.1) is 0 Å². The van der Waals surface area contributed by atoms with Crippen LogP contribution in [-0.4, -0.2) is 23.1 Å². The molecule has 1 amide bonds. The Hall–Kier alpha value is -1.29. The first-order chi connectivity index (χ1) is 8.22. The van der Waals surface area contributed by atoms with E-state index in [2.05, 4.69) is 9.88 Å².